The van der Waals surface area contributed by atoms with E-state index in [-0.39, 0.29) is 4.90 Å². The summed E-state index contributed by atoms with van der Waals surface area (Å²) in [4.78, 5) is 0.0376. The average molecular weight is 274 g/mol. The number of benzene rings is 1. The van der Waals surface area contributed by atoms with Crippen LogP contribution in [0.2, 0.25) is 0 Å². The first kappa shape index (κ1) is 14.9. The zero-order valence-electron chi connectivity index (χ0n) is 10.3. The quantitative estimate of drug-likeness (QED) is 0.546. The number of aliphatic hydroxyl groups is 2. The molecule has 0 aromatic heterocycles. The van der Waals surface area contributed by atoms with E-state index in [0.717, 1.165) is 0 Å². The second-order valence-electron chi connectivity index (χ2n) is 4.45. The van der Waals surface area contributed by atoms with Crippen LogP contribution in [-0.4, -0.2) is 37.4 Å². The van der Waals surface area contributed by atoms with Gasteiger partial charge in [-0.3, -0.25) is 0 Å². The zero-order chi connectivity index (χ0) is 14.0. The first-order valence-corrected chi connectivity index (χ1v) is 6.85. The summed E-state index contributed by atoms with van der Waals surface area (Å²) in [5, 5.41) is 18.2. The molecule has 0 saturated carbocycles. The fourth-order valence-corrected chi connectivity index (χ4v) is 3.08. The van der Waals surface area contributed by atoms with E-state index in [1.54, 1.807) is 13.0 Å². The minimum absolute atomic E-state index is 0.0376. The molecule has 5 N–H and O–H groups in total. The minimum atomic E-state index is -3.85. The van der Waals surface area contributed by atoms with Crippen LogP contribution in [-0.2, 0) is 10.0 Å². The lowest BCUT2D eigenvalue weighted by Gasteiger charge is -2.26. The molecule has 0 unspecified atom stereocenters. The van der Waals surface area contributed by atoms with E-state index in [1.165, 1.54) is 19.1 Å². The van der Waals surface area contributed by atoms with Gasteiger partial charge >= 0.3 is 0 Å². The fourth-order valence-electron chi connectivity index (χ4n) is 1.42. The Balaban J connectivity index is 3.19. The van der Waals surface area contributed by atoms with Crippen molar-refractivity contribution in [3.8, 4) is 0 Å². The van der Waals surface area contributed by atoms with E-state index in [9.17, 15) is 8.42 Å². The Bertz CT molecular complexity index is 524. The lowest BCUT2D eigenvalue weighted by Crippen LogP contribution is -2.51. The maximum atomic E-state index is 12.1. The van der Waals surface area contributed by atoms with Gasteiger partial charge in [0.05, 0.1) is 23.6 Å². The molecule has 0 spiro atoms. The Morgan fingerprint density at radius 1 is 1.33 bits per heavy atom. The summed E-state index contributed by atoms with van der Waals surface area (Å²) in [6.07, 6.45) is 0. The Morgan fingerprint density at radius 3 is 2.39 bits per heavy atom. The van der Waals surface area contributed by atoms with Crippen molar-refractivity contribution in [1.82, 2.24) is 4.72 Å². The van der Waals surface area contributed by atoms with Gasteiger partial charge < -0.3 is 15.9 Å². The molecule has 7 heteroatoms. The molecule has 0 radical (unpaired) electrons. The van der Waals surface area contributed by atoms with Crippen molar-refractivity contribution in [2.75, 3.05) is 18.9 Å². The number of nitrogens with two attached hydrogens (primary N) is 1. The van der Waals surface area contributed by atoms with Gasteiger partial charge in [-0.15, -0.1) is 0 Å². The van der Waals surface area contributed by atoms with Gasteiger partial charge in [0.15, 0.2) is 0 Å². The van der Waals surface area contributed by atoms with E-state index in [4.69, 9.17) is 15.9 Å². The van der Waals surface area contributed by atoms with Gasteiger partial charge in [-0.25, -0.2) is 13.1 Å². The molecular weight excluding hydrogens is 256 g/mol. The number of sulfonamides is 1. The van der Waals surface area contributed by atoms with E-state index >= 15 is 0 Å². The van der Waals surface area contributed by atoms with Gasteiger partial charge in [-0.05, 0) is 31.5 Å². The highest BCUT2D eigenvalue weighted by Gasteiger charge is 2.30. The number of aliphatic hydroxyl groups excluding tert-OH is 2. The molecule has 0 aliphatic heterocycles. The lowest BCUT2D eigenvalue weighted by molar-refractivity contribution is 0.121. The van der Waals surface area contributed by atoms with Gasteiger partial charge in [0, 0.05) is 5.69 Å². The Kier molecular flexibility index (Phi) is 4.33. The molecule has 0 bridgehead atoms. The van der Waals surface area contributed by atoms with Crippen molar-refractivity contribution >= 4 is 15.7 Å². The van der Waals surface area contributed by atoms with Crippen LogP contribution in [0.4, 0.5) is 5.69 Å². The third kappa shape index (κ3) is 2.99. The monoisotopic (exact) mass is 274 g/mol. The van der Waals surface area contributed by atoms with Gasteiger partial charge in [0.25, 0.3) is 0 Å². The summed E-state index contributed by atoms with van der Waals surface area (Å²) in [5.41, 5.74) is 5.15. The highest BCUT2D eigenvalue weighted by atomic mass is 32.2. The number of hydrogen-bond donors (Lipinski definition) is 4. The van der Waals surface area contributed by atoms with Crippen molar-refractivity contribution in [3.05, 3.63) is 23.8 Å². The molecule has 102 valence electrons. The number of nitrogen functional groups attached to an aromatic ring is 1. The third-order valence-electron chi connectivity index (χ3n) is 2.69. The molecule has 0 fully saturated rings. The summed E-state index contributed by atoms with van der Waals surface area (Å²) in [6.45, 7) is 1.99. The van der Waals surface area contributed by atoms with Crippen molar-refractivity contribution in [2.45, 2.75) is 24.3 Å². The topological polar surface area (TPSA) is 113 Å². The van der Waals surface area contributed by atoms with Crippen LogP contribution in [0.1, 0.15) is 12.5 Å². The lowest BCUT2D eigenvalue weighted by atomic mass is 10.1. The van der Waals surface area contributed by atoms with Crippen LogP contribution < -0.4 is 10.5 Å². The van der Waals surface area contributed by atoms with Gasteiger partial charge in [-0.2, -0.15) is 0 Å². The molecule has 0 aliphatic rings. The van der Waals surface area contributed by atoms with Crippen LogP contribution in [0.5, 0.6) is 0 Å². The summed E-state index contributed by atoms with van der Waals surface area (Å²) in [7, 11) is -3.85. The number of hydrogen-bond acceptors (Lipinski definition) is 5. The van der Waals surface area contributed by atoms with Crippen LogP contribution in [0, 0.1) is 6.92 Å². The molecule has 6 nitrogen and oxygen atoms in total. The van der Waals surface area contributed by atoms with Gasteiger partial charge in [0.1, 0.15) is 0 Å². The van der Waals surface area contributed by atoms with E-state index < -0.39 is 28.8 Å². The predicted molar refractivity (Wildman–Crippen MR) is 68.5 cm³/mol. The Morgan fingerprint density at radius 2 is 1.89 bits per heavy atom. The smallest absolute Gasteiger partial charge is 0.241 e. The van der Waals surface area contributed by atoms with Crippen LogP contribution in [0.15, 0.2) is 23.1 Å². The fraction of sp³-hybridized carbons (Fsp3) is 0.455. The Labute approximate surface area is 106 Å². The largest absolute Gasteiger partial charge is 0.398 e. The van der Waals surface area contributed by atoms with Gasteiger partial charge in [-0.1, -0.05) is 6.07 Å². The minimum Gasteiger partial charge on any atom is -0.398 e. The second kappa shape index (κ2) is 5.23. The predicted octanol–water partition coefficient (Wildman–Crippen LogP) is -0.401. The maximum absolute atomic E-state index is 12.1. The van der Waals surface area contributed by atoms with Crippen LogP contribution >= 0.6 is 0 Å². The molecule has 0 atom stereocenters. The highest BCUT2D eigenvalue weighted by Crippen LogP contribution is 2.21. The van der Waals surface area contributed by atoms with Crippen LogP contribution in [0.3, 0.4) is 0 Å². The van der Waals surface area contributed by atoms with Crippen molar-refractivity contribution < 1.29 is 18.6 Å². The Hall–Kier alpha value is -1.15. The summed E-state index contributed by atoms with van der Waals surface area (Å²) in [5.74, 6) is 0. The van der Waals surface area contributed by atoms with E-state index in [0.29, 0.717) is 11.3 Å². The number of rotatable bonds is 5. The second-order valence-corrected chi connectivity index (χ2v) is 6.10. The van der Waals surface area contributed by atoms with E-state index in [2.05, 4.69) is 4.72 Å². The average Bonchev–Trinajstić information content (AvgIpc) is 2.31. The summed E-state index contributed by atoms with van der Waals surface area (Å²) in [6, 6.07) is 4.56. The maximum Gasteiger partial charge on any atom is 0.241 e. The van der Waals surface area contributed by atoms with Crippen LogP contribution in [0.25, 0.3) is 0 Å². The SMILES string of the molecule is Cc1c(N)cccc1S(=O)(=O)NC(C)(CO)CO. The first-order valence-electron chi connectivity index (χ1n) is 5.36. The summed E-state index contributed by atoms with van der Waals surface area (Å²) < 4.78 is 26.6. The van der Waals surface area contributed by atoms with Crippen molar-refractivity contribution in [3.63, 3.8) is 0 Å². The standard InChI is InChI=1S/C11H18N2O4S/c1-8-9(12)4-3-5-10(8)18(16,17)13-11(2,6-14)7-15/h3-5,13-15H,6-7,12H2,1-2H3. The normalized spacial score (nSPS) is 12.7. The number of nitrogens with one attached hydrogen (secondary N) is 1. The molecule has 18 heavy (non-hydrogen) atoms. The highest BCUT2D eigenvalue weighted by molar-refractivity contribution is 7.89. The zero-order valence-corrected chi connectivity index (χ0v) is 11.2. The molecule has 0 saturated heterocycles. The molecule has 0 amide bonds. The van der Waals surface area contributed by atoms with Crippen molar-refractivity contribution in [1.29, 1.82) is 0 Å². The molecule has 1 rings (SSSR count). The third-order valence-corrected chi connectivity index (χ3v) is 4.48. The summed E-state index contributed by atoms with van der Waals surface area (Å²) >= 11 is 0. The molecular formula is C11H18N2O4S. The molecule has 1 aromatic rings. The van der Waals surface area contributed by atoms with E-state index in [1.807, 2.05) is 0 Å². The van der Waals surface area contributed by atoms with Crippen molar-refractivity contribution in [2.24, 2.45) is 0 Å². The molecule has 0 aliphatic carbocycles. The molecule has 1 aromatic carbocycles. The number of anilines is 1. The molecule has 0 heterocycles. The van der Waals surface area contributed by atoms with Gasteiger partial charge in [0.2, 0.25) is 10.0 Å². The first-order chi connectivity index (χ1) is 8.25.